The number of carboxylic acids is 2. The Morgan fingerprint density at radius 3 is 2.47 bits per heavy atom. The molecular weight excluding hydrogens is 294 g/mol. The van der Waals surface area contributed by atoms with Crippen molar-refractivity contribution in [3.8, 4) is 0 Å². The summed E-state index contributed by atoms with van der Waals surface area (Å²) >= 11 is 0.989. The molecule has 1 unspecified atom stereocenters. The Bertz CT molecular complexity index is 565. The molecule has 0 aliphatic carbocycles. The fourth-order valence-corrected chi connectivity index (χ4v) is 3.50. The molecule has 1 rings (SSSR count). The highest BCUT2D eigenvalue weighted by Gasteiger charge is 2.37. The lowest BCUT2D eigenvalue weighted by atomic mass is 9.87. The Hall–Kier alpha value is -1.45. The highest BCUT2D eigenvalue weighted by atomic mass is 32.2. The molecule has 1 heterocycles. The predicted molar refractivity (Wildman–Crippen MR) is 67.5 cm³/mol. The fourth-order valence-electron chi connectivity index (χ4n) is 1.29. The lowest BCUT2D eigenvalue weighted by Gasteiger charge is -2.22. The van der Waals surface area contributed by atoms with Crippen LogP contribution in [-0.2, 0) is 19.6 Å². The Labute approximate surface area is 113 Å². The van der Waals surface area contributed by atoms with Gasteiger partial charge in [0.15, 0.2) is 0 Å². The molecule has 0 bridgehead atoms. The average Bonchev–Trinajstić information content (AvgIpc) is 2.79. The summed E-state index contributed by atoms with van der Waals surface area (Å²) in [5, 5.41) is 19.3. The number of aliphatic carboxylic acids is 2. The topological polar surface area (TPSA) is 121 Å². The molecule has 1 aromatic heterocycles. The smallest absolute Gasteiger partial charge is 0.311 e. The molecule has 0 amide bonds. The van der Waals surface area contributed by atoms with E-state index in [9.17, 15) is 18.0 Å². The molecule has 9 heteroatoms. The number of carbonyl (C=O) groups is 2. The molecule has 7 nitrogen and oxygen atoms in total. The van der Waals surface area contributed by atoms with E-state index in [-0.39, 0.29) is 4.21 Å². The van der Waals surface area contributed by atoms with Gasteiger partial charge < -0.3 is 10.2 Å². The van der Waals surface area contributed by atoms with Crippen LogP contribution in [-0.4, -0.2) is 37.1 Å². The van der Waals surface area contributed by atoms with Gasteiger partial charge in [0.25, 0.3) is 0 Å². The van der Waals surface area contributed by atoms with Crippen LogP contribution in [0.4, 0.5) is 0 Å². The van der Waals surface area contributed by atoms with E-state index in [1.165, 1.54) is 13.0 Å². The number of rotatable bonds is 7. The number of hydrogen-bond acceptors (Lipinski definition) is 5. The minimum Gasteiger partial charge on any atom is -0.481 e. The second-order valence-electron chi connectivity index (χ2n) is 4.19. The van der Waals surface area contributed by atoms with Gasteiger partial charge in [0.2, 0.25) is 10.0 Å². The van der Waals surface area contributed by atoms with E-state index >= 15 is 0 Å². The van der Waals surface area contributed by atoms with Crippen molar-refractivity contribution >= 4 is 33.3 Å². The summed E-state index contributed by atoms with van der Waals surface area (Å²) in [4.78, 5) is 21.7. The molecule has 0 saturated carbocycles. The van der Waals surface area contributed by atoms with E-state index in [2.05, 4.69) is 4.72 Å². The van der Waals surface area contributed by atoms with Crippen LogP contribution < -0.4 is 4.72 Å². The van der Waals surface area contributed by atoms with Crippen molar-refractivity contribution in [1.82, 2.24) is 4.72 Å². The second-order valence-corrected chi connectivity index (χ2v) is 7.13. The van der Waals surface area contributed by atoms with Crippen molar-refractivity contribution in [3.63, 3.8) is 0 Å². The van der Waals surface area contributed by atoms with Gasteiger partial charge in [0, 0.05) is 6.54 Å². The summed E-state index contributed by atoms with van der Waals surface area (Å²) in [5.41, 5.74) is -1.70. The molecule has 0 aromatic carbocycles. The molecule has 0 saturated heterocycles. The van der Waals surface area contributed by atoms with Gasteiger partial charge in [-0.15, -0.1) is 11.3 Å². The van der Waals surface area contributed by atoms with Crippen LogP contribution in [0.15, 0.2) is 21.7 Å². The molecular formula is C10H13NO6S2. The monoisotopic (exact) mass is 307 g/mol. The standard InChI is InChI=1S/C10H13NO6S2/c1-10(9(14)15,5-7(12)13)6-11-19(16,17)8-3-2-4-18-8/h2-4,11H,5-6H2,1H3,(H,12,13)(H,14,15). The summed E-state index contributed by atoms with van der Waals surface area (Å²) in [7, 11) is -3.81. The Balaban J connectivity index is 2.83. The summed E-state index contributed by atoms with van der Waals surface area (Å²) in [6.07, 6.45) is -0.671. The van der Waals surface area contributed by atoms with Crippen LogP contribution in [0.3, 0.4) is 0 Å². The molecule has 0 fully saturated rings. The zero-order valence-corrected chi connectivity index (χ0v) is 11.6. The van der Waals surface area contributed by atoms with Crippen molar-refractivity contribution < 1.29 is 28.2 Å². The number of thiophene rings is 1. The van der Waals surface area contributed by atoms with E-state index in [4.69, 9.17) is 10.2 Å². The van der Waals surface area contributed by atoms with Crippen LogP contribution in [0, 0.1) is 5.41 Å². The molecule has 1 atom stereocenters. The third-order valence-electron chi connectivity index (χ3n) is 2.47. The molecule has 106 valence electrons. The minimum absolute atomic E-state index is 0.0514. The molecule has 19 heavy (non-hydrogen) atoms. The van der Waals surface area contributed by atoms with Crippen LogP contribution in [0.2, 0.25) is 0 Å². The molecule has 0 radical (unpaired) electrons. The molecule has 0 aliphatic heterocycles. The van der Waals surface area contributed by atoms with Gasteiger partial charge in [-0.3, -0.25) is 9.59 Å². The maximum Gasteiger partial charge on any atom is 0.311 e. The van der Waals surface area contributed by atoms with Crippen LogP contribution >= 0.6 is 11.3 Å². The van der Waals surface area contributed by atoms with Crippen molar-refractivity contribution in [3.05, 3.63) is 17.5 Å². The summed E-state index contributed by atoms with van der Waals surface area (Å²) < 4.78 is 25.8. The molecule has 0 spiro atoms. The zero-order valence-electron chi connectivity index (χ0n) is 9.99. The molecule has 0 aliphatic rings. The summed E-state index contributed by atoms with van der Waals surface area (Å²) in [5.74, 6) is -2.68. The largest absolute Gasteiger partial charge is 0.481 e. The van der Waals surface area contributed by atoms with Crippen LogP contribution in [0.5, 0.6) is 0 Å². The van der Waals surface area contributed by atoms with Crippen LogP contribution in [0.1, 0.15) is 13.3 Å². The number of hydrogen-bond donors (Lipinski definition) is 3. The second kappa shape index (κ2) is 5.68. The lowest BCUT2D eigenvalue weighted by molar-refractivity contribution is -0.154. The number of carboxylic acid groups (broad SMARTS) is 2. The lowest BCUT2D eigenvalue weighted by Crippen LogP contribution is -2.42. The van der Waals surface area contributed by atoms with E-state index in [0.717, 1.165) is 11.3 Å². The van der Waals surface area contributed by atoms with E-state index in [1.807, 2.05) is 0 Å². The number of sulfonamides is 1. The first kappa shape index (κ1) is 15.6. The highest BCUT2D eigenvalue weighted by Crippen LogP contribution is 2.23. The van der Waals surface area contributed by atoms with Crippen molar-refractivity contribution in [2.75, 3.05) is 6.54 Å². The first-order chi connectivity index (χ1) is 8.67. The Morgan fingerprint density at radius 1 is 1.42 bits per heavy atom. The third kappa shape index (κ3) is 4.01. The average molecular weight is 307 g/mol. The van der Waals surface area contributed by atoms with Gasteiger partial charge in [-0.1, -0.05) is 6.07 Å². The van der Waals surface area contributed by atoms with Crippen LogP contribution in [0.25, 0.3) is 0 Å². The minimum atomic E-state index is -3.81. The van der Waals surface area contributed by atoms with Gasteiger partial charge in [0.1, 0.15) is 4.21 Å². The van der Waals surface area contributed by atoms with Gasteiger partial charge in [-0.05, 0) is 18.4 Å². The Morgan fingerprint density at radius 2 is 2.05 bits per heavy atom. The molecule has 3 N–H and O–H groups in total. The van der Waals surface area contributed by atoms with E-state index in [1.54, 1.807) is 11.4 Å². The quantitative estimate of drug-likeness (QED) is 0.678. The number of nitrogens with one attached hydrogen (secondary N) is 1. The summed E-state index contributed by atoms with van der Waals surface area (Å²) in [6, 6.07) is 2.93. The van der Waals surface area contributed by atoms with Crippen molar-refractivity contribution in [1.29, 1.82) is 0 Å². The molecule has 1 aromatic rings. The van der Waals surface area contributed by atoms with Gasteiger partial charge >= 0.3 is 11.9 Å². The first-order valence-corrected chi connectivity index (χ1v) is 7.52. The van der Waals surface area contributed by atoms with Gasteiger partial charge in [0.05, 0.1) is 11.8 Å². The van der Waals surface area contributed by atoms with Gasteiger partial charge in [-0.2, -0.15) is 0 Å². The van der Waals surface area contributed by atoms with Gasteiger partial charge in [-0.25, -0.2) is 13.1 Å². The van der Waals surface area contributed by atoms with E-state index < -0.39 is 40.3 Å². The van der Waals surface area contributed by atoms with E-state index in [0.29, 0.717) is 0 Å². The fraction of sp³-hybridized carbons (Fsp3) is 0.400. The Kier molecular flexibility index (Phi) is 4.66. The van der Waals surface area contributed by atoms with Crippen molar-refractivity contribution in [2.45, 2.75) is 17.6 Å². The predicted octanol–water partition coefficient (Wildman–Crippen LogP) is 0.592. The first-order valence-electron chi connectivity index (χ1n) is 5.16. The van der Waals surface area contributed by atoms with Crippen molar-refractivity contribution in [2.24, 2.45) is 5.41 Å². The zero-order chi connectivity index (χ0) is 14.7. The summed E-state index contributed by atoms with van der Waals surface area (Å²) in [6.45, 7) is 0.690. The maximum atomic E-state index is 11.8. The third-order valence-corrected chi connectivity index (χ3v) is 5.27. The normalized spacial score (nSPS) is 14.8. The SMILES string of the molecule is CC(CNS(=O)(=O)c1cccs1)(CC(=O)O)C(=O)O. The maximum absolute atomic E-state index is 11.8. The highest BCUT2D eigenvalue weighted by molar-refractivity contribution is 7.91.